The van der Waals surface area contributed by atoms with E-state index in [4.69, 9.17) is 4.98 Å². The van der Waals surface area contributed by atoms with Crippen LogP contribution in [0.5, 0.6) is 0 Å². The molecule has 0 fully saturated rings. The molecule has 180 valence electrons. The molecule has 1 aliphatic carbocycles. The fourth-order valence-electron chi connectivity index (χ4n) is 4.77. The maximum atomic E-state index is 13.2. The quantitative estimate of drug-likeness (QED) is 0.260. The van der Waals surface area contributed by atoms with E-state index in [2.05, 4.69) is 15.3 Å². The number of nitro groups is 2. The Morgan fingerprint density at radius 2 is 1.65 bits per heavy atom. The van der Waals surface area contributed by atoms with Crippen LogP contribution in [0.25, 0.3) is 33.5 Å². The van der Waals surface area contributed by atoms with Crippen LogP contribution in [0.2, 0.25) is 0 Å². The van der Waals surface area contributed by atoms with Gasteiger partial charge in [0, 0.05) is 29.5 Å². The third kappa shape index (κ3) is 3.57. The number of amides is 1. The molecule has 0 saturated carbocycles. The minimum absolute atomic E-state index is 0.0517. The molecule has 0 spiro atoms. The van der Waals surface area contributed by atoms with Gasteiger partial charge in [-0.25, -0.2) is 4.98 Å². The van der Waals surface area contributed by atoms with Gasteiger partial charge in [0.15, 0.2) is 0 Å². The summed E-state index contributed by atoms with van der Waals surface area (Å²) in [4.78, 5) is 46.2. The monoisotopic (exact) mass is 492 g/mol. The fourth-order valence-corrected chi connectivity index (χ4v) is 4.77. The number of nitro benzene ring substituents is 2. The summed E-state index contributed by atoms with van der Waals surface area (Å²) in [5.74, 6) is 0.0680. The normalized spacial score (nSPS) is 13.7. The van der Waals surface area contributed by atoms with Gasteiger partial charge in [-0.2, -0.15) is 0 Å². The molecule has 0 radical (unpaired) electrons. The van der Waals surface area contributed by atoms with Gasteiger partial charge in [-0.05, 0) is 34.4 Å². The number of imidazole rings is 1. The molecule has 5 aromatic rings. The maximum absolute atomic E-state index is 13.2. The Labute approximate surface area is 208 Å². The average Bonchev–Trinajstić information content (AvgIpc) is 3.48. The molecule has 2 aromatic heterocycles. The van der Waals surface area contributed by atoms with Crippen molar-refractivity contribution in [1.29, 1.82) is 0 Å². The number of pyridine rings is 1. The number of fused-ring (bicyclic) bond motifs is 4. The van der Waals surface area contributed by atoms with Gasteiger partial charge in [0.05, 0.1) is 33.1 Å². The van der Waals surface area contributed by atoms with Crippen molar-refractivity contribution < 1.29 is 14.6 Å². The first kappa shape index (κ1) is 22.0. The Morgan fingerprint density at radius 1 is 0.892 bits per heavy atom. The van der Waals surface area contributed by atoms with Crippen LogP contribution in [0.4, 0.5) is 11.4 Å². The SMILES string of the molecule is O=C(NC1c2ccccc2-c2c(-c3nc4ccncc4[nH]3)cccc21)c1ccc([N+](=O)[O-])c([N+](=O)[O-])c1. The molecule has 11 heteroatoms. The zero-order valence-corrected chi connectivity index (χ0v) is 18.9. The Morgan fingerprint density at radius 3 is 2.43 bits per heavy atom. The van der Waals surface area contributed by atoms with Crippen molar-refractivity contribution in [1.82, 2.24) is 20.3 Å². The van der Waals surface area contributed by atoms with Crippen molar-refractivity contribution in [3.8, 4) is 22.5 Å². The first-order chi connectivity index (χ1) is 17.9. The van der Waals surface area contributed by atoms with Crippen LogP contribution in [-0.2, 0) is 0 Å². The van der Waals surface area contributed by atoms with Crippen molar-refractivity contribution >= 4 is 28.3 Å². The lowest BCUT2D eigenvalue weighted by Crippen LogP contribution is -2.28. The molecule has 2 N–H and O–H groups in total. The lowest BCUT2D eigenvalue weighted by atomic mass is 9.98. The first-order valence-corrected chi connectivity index (χ1v) is 11.2. The molecular formula is C26H16N6O5. The van der Waals surface area contributed by atoms with Gasteiger partial charge in [-0.1, -0.05) is 42.5 Å². The van der Waals surface area contributed by atoms with Gasteiger partial charge in [0.25, 0.3) is 5.91 Å². The molecule has 3 aromatic carbocycles. The zero-order valence-electron chi connectivity index (χ0n) is 18.9. The molecule has 1 amide bonds. The number of aromatic amines is 1. The second kappa shape index (κ2) is 8.34. The summed E-state index contributed by atoms with van der Waals surface area (Å²) >= 11 is 0. The van der Waals surface area contributed by atoms with E-state index in [0.717, 1.165) is 51.0 Å². The lowest BCUT2D eigenvalue weighted by Gasteiger charge is -2.16. The van der Waals surface area contributed by atoms with Crippen LogP contribution < -0.4 is 5.32 Å². The molecular weight excluding hydrogens is 476 g/mol. The molecule has 1 aliphatic rings. The highest BCUT2D eigenvalue weighted by Crippen LogP contribution is 2.47. The van der Waals surface area contributed by atoms with E-state index in [-0.39, 0.29) is 5.56 Å². The third-order valence-corrected chi connectivity index (χ3v) is 6.39. The van der Waals surface area contributed by atoms with Crippen molar-refractivity contribution in [2.75, 3.05) is 0 Å². The Balaban J connectivity index is 1.43. The van der Waals surface area contributed by atoms with Crippen LogP contribution in [0, 0.1) is 20.2 Å². The topological polar surface area (TPSA) is 157 Å². The maximum Gasteiger partial charge on any atom is 0.346 e. The number of rotatable bonds is 5. The lowest BCUT2D eigenvalue weighted by molar-refractivity contribution is -0.422. The predicted octanol–water partition coefficient (Wildman–Crippen LogP) is 4.94. The molecule has 0 bridgehead atoms. The number of carbonyl (C=O) groups excluding carboxylic acids is 1. The number of hydrogen-bond donors (Lipinski definition) is 2. The van der Waals surface area contributed by atoms with Gasteiger partial charge in [-0.15, -0.1) is 0 Å². The van der Waals surface area contributed by atoms with E-state index >= 15 is 0 Å². The second-order valence-electron chi connectivity index (χ2n) is 8.46. The van der Waals surface area contributed by atoms with E-state index in [0.29, 0.717) is 5.82 Å². The third-order valence-electron chi connectivity index (χ3n) is 6.39. The largest absolute Gasteiger partial charge is 0.346 e. The second-order valence-corrected chi connectivity index (χ2v) is 8.46. The number of nitrogens with zero attached hydrogens (tertiary/aromatic N) is 4. The van der Waals surface area contributed by atoms with Crippen molar-refractivity contribution in [3.05, 3.63) is 116 Å². The van der Waals surface area contributed by atoms with E-state index in [9.17, 15) is 25.0 Å². The summed E-state index contributed by atoms with van der Waals surface area (Å²) in [6.45, 7) is 0. The summed E-state index contributed by atoms with van der Waals surface area (Å²) in [5, 5.41) is 25.5. The summed E-state index contributed by atoms with van der Waals surface area (Å²) < 4.78 is 0. The highest BCUT2D eigenvalue weighted by atomic mass is 16.6. The van der Waals surface area contributed by atoms with Crippen LogP contribution in [0.15, 0.2) is 79.1 Å². The van der Waals surface area contributed by atoms with E-state index in [1.54, 1.807) is 12.4 Å². The minimum Gasteiger partial charge on any atom is -0.341 e. The molecule has 2 heterocycles. The van der Waals surface area contributed by atoms with Crippen LogP contribution >= 0.6 is 0 Å². The minimum atomic E-state index is -0.871. The molecule has 1 atom stereocenters. The summed E-state index contributed by atoms with van der Waals surface area (Å²) in [6.07, 6.45) is 3.38. The molecule has 6 rings (SSSR count). The standard InChI is InChI=1S/C26H16N6O5/c33-26(14-8-9-21(31(34)35)22(12-14)32(36)37)30-24-16-5-2-1-4-15(16)23-17(24)6-3-7-18(23)25-28-19-10-11-27-13-20(19)29-25/h1-13,24H,(H,28,29)(H,30,33). The summed E-state index contributed by atoms with van der Waals surface area (Å²) in [5.41, 5.74) is 4.47. The number of hydrogen-bond acceptors (Lipinski definition) is 7. The van der Waals surface area contributed by atoms with Crippen LogP contribution in [0.1, 0.15) is 27.5 Å². The van der Waals surface area contributed by atoms with Gasteiger partial charge >= 0.3 is 11.4 Å². The summed E-state index contributed by atoms with van der Waals surface area (Å²) in [7, 11) is 0. The number of carbonyl (C=O) groups is 1. The van der Waals surface area contributed by atoms with Gasteiger partial charge in [-0.3, -0.25) is 30.0 Å². The Kier molecular flexibility index (Phi) is 4.97. The van der Waals surface area contributed by atoms with E-state index < -0.39 is 33.2 Å². The number of nitrogens with one attached hydrogen (secondary N) is 2. The number of H-pyrrole nitrogens is 1. The fraction of sp³-hybridized carbons (Fsp3) is 0.0385. The number of benzene rings is 3. The average molecular weight is 492 g/mol. The zero-order chi connectivity index (χ0) is 25.7. The number of aromatic nitrogens is 3. The van der Waals surface area contributed by atoms with Gasteiger partial charge in [0.2, 0.25) is 0 Å². The Hall–Kier alpha value is -5.45. The molecule has 37 heavy (non-hydrogen) atoms. The first-order valence-electron chi connectivity index (χ1n) is 11.2. The van der Waals surface area contributed by atoms with Crippen molar-refractivity contribution in [2.24, 2.45) is 0 Å². The highest BCUT2D eigenvalue weighted by Gasteiger charge is 2.33. The van der Waals surface area contributed by atoms with Crippen LogP contribution in [-0.4, -0.2) is 30.7 Å². The van der Waals surface area contributed by atoms with Crippen molar-refractivity contribution in [2.45, 2.75) is 6.04 Å². The van der Waals surface area contributed by atoms with Gasteiger partial charge < -0.3 is 10.3 Å². The van der Waals surface area contributed by atoms with E-state index in [1.807, 2.05) is 48.5 Å². The molecule has 1 unspecified atom stereocenters. The smallest absolute Gasteiger partial charge is 0.341 e. The highest BCUT2D eigenvalue weighted by molar-refractivity contribution is 5.98. The van der Waals surface area contributed by atoms with E-state index in [1.165, 1.54) is 6.07 Å². The molecule has 0 saturated heterocycles. The van der Waals surface area contributed by atoms with Crippen LogP contribution in [0.3, 0.4) is 0 Å². The van der Waals surface area contributed by atoms with Crippen molar-refractivity contribution in [3.63, 3.8) is 0 Å². The molecule has 11 nitrogen and oxygen atoms in total. The molecule has 0 aliphatic heterocycles. The Bertz CT molecular complexity index is 1730. The van der Waals surface area contributed by atoms with Gasteiger partial charge in [0.1, 0.15) is 5.82 Å². The predicted molar refractivity (Wildman–Crippen MR) is 134 cm³/mol. The summed E-state index contributed by atoms with van der Waals surface area (Å²) in [6, 6.07) is 17.8.